The molecule has 2 bridgehead atoms. The van der Waals surface area contributed by atoms with E-state index in [-0.39, 0.29) is 23.2 Å². The molecule has 4 nitrogen and oxygen atoms in total. The van der Waals surface area contributed by atoms with Gasteiger partial charge in [-0.1, -0.05) is 29.8 Å². The number of fused-ring (bicyclic) bond motifs is 2. The Hall–Kier alpha value is -1.17. The molecule has 19 heavy (non-hydrogen) atoms. The van der Waals surface area contributed by atoms with Crippen molar-refractivity contribution in [2.75, 3.05) is 0 Å². The first kappa shape index (κ1) is 12.8. The standard InChI is InChI=1S/C14H16O4S/c1-10-2-6-14(7-3-10)19(15,16)18-13-8-11-4-5-12(9-13)17-11/h2-7,11-13H,8-9H2,1H3. The lowest BCUT2D eigenvalue weighted by atomic mass is 10.1. The Labute approximate surface area is 113 Å². The molecular weight excluding hydrogens is 264 g/mol. The first-order valence-electron chi connectivity index (χ1n) is 6.37. The zero-order chi connectivity index (χ0) is 13.5. The van der Waals surface area contributed by atoms with Crippen molar-refractivity contribution >= 4 is 10.1 Å². The molecule has 1 aromatic rings. The smallest absolute Gasteiger partial charge is 0.297 e. The number of ether oxygens (including phenoxy) is 1. The van der Waals surface area contributed by atoms with Crippen LogP contribution in [0.4, 0.5) is 0 Å². The molecule has 0 amide bonds. The van der Waals surface area contributed by atoms with Gasteiger partial charge in [0.2, 0.25) is 0 Å². The molecule has 2 unspecified atom stereocenters. The van der Waals surface area contributed by atoms with Gasteiger partial charge in [0.05, 0.1) is 23.2 Å². The van der Waals surface area contributed by atoms with Crippen LogP contribution in [0.1, 0.15) is 18.4 Å². The van der Waals surface area contributed by atoms with Gasteiger partial charge in [0, 0.05) is 12.8 Å². The normalized spacial score (nSPS) is 29.6. The predicted molar refractivity (Wildman–Crippen MR) is 70.3 cm³/mol. The summed E-state index contributed by atoms with van der Waals surface area (Å²) < 4.78 is 35.2. The first-order valence-corrected chi connectivity index (χ1v) is 7.77. The van der Waals surface area contributed by atoms with Crippen molar-refractivity contribution in [3.05, 3.63) is 42.0 Å². The Morgan fingerprint density at radius 1 is 1.11 bits per heavy atom. The van der Waals surface area contributed by atoms with Gasteiger partial charge < -0.3 is 4.74 Å². The van der Waals surface area contributed by atoms with Gasteiger partial charge in [-0.05, 0) is 19.1 Å². The molecule has 2 atom stereocenters. The second-order valence-electron chi connectivity index (χ2n) is 5.05. The highest BCUT2D eigenvalue weighted by molar-refractivity contribution is 7.86. The second kappa shape index (κ2) is 4.74. The van der Waals surface area contributed by atoms with E-state index in [4.69, 9.17) is 8.92 Å². The van der Waals surface area contributed by atoms with Gasteiger partial charge in [-0.25, -0.2) is 0 Å². The Morgan fingerprint density at radius 2 is 1.68 bits per heavy atom. The minimum Gasteiger partial charge on any atom is -0.367 e. The van der Waals surface area contributed by atoms with Crippen LogP contribution < -0.4 is 0 Å². The Bertz CT molecular complexity index is 574. The number of benzene rings is 1. The van der Waals surface area contributed by atoms with E-state index in [0.29, 0.717) is 12.8 Å². The summed E-state index contributed by atoms with van der Waals surface area (Å²) in [5.41, 5.74) is 1.02. The fourth-order valence-electron chi connectivity index (χ4n) is 2.46. The molecule has 5 heteroatoms. The maximum Gasteiger partial charge on any atom is 0.297 e. The van der Waals surface area contributed by atoms with Gasteiger partial charge in [0.15, 0.2) is 0 Å². The molecule has 1 aromatic carbocycles. The van der Waals surface area contributed by atoms with Crippen molar-refractivity contribution in [1.29, 1.82) is 0 Å². The van der Waals surface area contributed by atoms with Gasteiger partial charge >= 0.3 is 0 Å². The number of aryl methyl sites for hydroxylation is 1. The van der Waals surface area contributed by atoms with Crippen LogP contribution >= 0.6 is 0 Å². The highest BCUT2D eigenvalue weighted by atomic mass is 32.2. The third-order valence-electron chi connectivity index (χ3n) is 3.45. The average Bonchev–Trinajstić information content (AvgIpc) is 2.69. The van der Waals surface area contributed by atoms with Crippen molar-refractivity contribution in [3.8, 4) is 0 Å². The maximum atomic E-state index is 12.2. The van der Waals surface area contributed by atoms with Crippen LogP contribution in [-0.2, 0) is 19.0 Å². The molecule has 0 spiro atoms. The van der Waals surface area contributed by atoms with Gasteiger partial charge in [-0.3, -0.25) is 4.18 Å². The molecule has 2 aliphatic rings. The molecule has 1 fully saturated rings. The molecular formula is C14H16O4S. The third kappa shape index (κ3) is 2.73. The van der Waals surface area contributed by atoms with Gasteiger partial charge in [-0.15, -0.1) is 0 Å². The molecule has 0 saturated carbocycles. The fraction of sp³-hybridized carbons (Fsp3) is 0.429. The minimum atomic E-state index is -3.68. The molecule has 3 rings (SSSR count). The molecule has 1 saturated heterocycles. The van der Waals surface area contributed by atoms with E-state index >= 15 is 0 Å². The van der Waals surface area contributed by atoms with Crippen molar-refractivity contribution in [1.82, 2.24) is 0 Å². The van der Waals surface area contributed by atoms with Crippen molar-refractivity contribution in [3.63, 3.8) is 0 Å². The Balaban J connectivity index is 1.73. The zero-order valence-electron chi connectivity index (χ0n) is 10.7. The third-order valence-corrected chi connectivity index (χ3v) is 4.83. The number of hydrogen-bond acceptors (Lipinski definition) is 4. The van der Waals surface area contributed by atoms with Crippen molar-refractivity contribution in [2.45, 2.75) is 43.0 Å². The second-order valence-corrected chi connectivity index (χ2v) is 6.63. The molecule has 2 aliphatic heterocycles. The summed E-state index contributed by atoms with van der Waals surface area (Å²) in [4.78, 5) is 0.213. The monoisotopic (exact) mass is 280 g/mol. The summed E-state index contributed by atoms with van der Waals surface area (Å²) in [7, 11) is -3.68. The van der Waals surface area contributed by atoms with E-state index in [1.807, 2.05) is 19.1 Å². The summed E-state index contributed by atoms with van der Waals surface area (Å²) in [6, 6.07) is 6.70. The van der Waals surface area contributed by atoms with E-state index in [1.165, 1.54) is 0 Å². The van der Waals surface area contributed by atoms with Crippen LogP contribution in [0.15, 0.2) is 41.3 Å². The molecule has 2 heterocycles. The average molecular weight is 280 g/mol. The highest BCUT2D eigenvalue weighted by Crippen LogP contribution is 2.30. The van der Waals surface area contributed by atoms with Crippen LogP contribution in [-0.4, -0.2) is 26.7 Å². The Morgan fingerprint density at radius 3 is 2.26 bits per heavy atom. The SMILES string of the molecule is Cc1ccc(S(=O)(=O)OC2CC3C=CC(C2)O3)cc1. The van der Waals surface area contributed by atoms with Crippen LogP contribution in [0.3, 0.4) is 0 Å². The molecule has 0 radical (unpaired) electrons. The van der Waals surface area contributed by atoms with E-state index < -0.39 is 10.1 Å². The number of hydrogen-bond donors (Lipinski definition) is 0. The summed E-state index contributed by atoms with van der Waals surface area (Å²) in [5, 5.41) is 0. The number of rotatable bonds is 3. The van der Waals surface area contributed by atoms with E-state index in [2.05, 4.69) is 0 Å². The largest absolute Gasteiger partial charge is 0.367 e. The lowest BCUT2D eigenvalue weighted by molar-refractivity contribution is -0.0301. The quantitative estimate of drug-likeness (QED) is 0.629. The van der Waals surface area contributed by atoms with Crippen LogP contribution in [0.5, 0.6) is 0 Å². The van der Waals surface area contributed by atoms with Gasteiger partial charge in [0.25, 0.3) is 10.1 Å². The Kier molecular flexibility index (Phi) is 3.20. The predicted octanol–water partition coefficient (Wildman–Crippen LogP) is 2.19. The molecule has 0 aliphatic carbocycles. The lowest BCUT2D eigenvalue weighted by Gasteiger charge is -2.27. The van der Waals surface area contributed by atoms with Crippen molar-refractivity contribution in [2.24, 2.45) is 0 Å². The lowest BCUT2D eigenvalue weighted by Crippen LogP contribution is -2.32. The summed E-state index contributed by atoms with van der Waals surface area (Å²) >= 11 is 0. The zero-order valence-corrected chi connectivity index (χ0v) is 11.5. The summed E-state index contributed by atoms with van der Waals surface area (Å²) in [6.45, 7) is 1.92. The fourth-order valence-corrected chi connectivity index (χ4v) is 3.56. The summed E-state index contributed by atoms with van der Waals surface area (Å²) in [6.07, 6.45) is 4.84. The minimum absolute atomic E-state index is 0.00281. The van der Waals surface area contributed by atoms with Gasteiger partial charge in [-0.2, -0.15) is 8.42 Å². The van der Waals surface area contributed by atoms with E-state index in [1.54, 1.807) is 24.3 Å². The topological polar surface area (TPSA) is 52.6 Å². The molecule has 0 N–H and O–H groups in total. The van der Waals surface area contributed by atoms with E-state index in [0.717, 1.165) is 5.56 Å². The first-order chi connectivity index (χ1) is 9.03. The highest BCUT2D eigenvalue weighted by Gasteiger charge is 2.34. The summed E-state index contributed by atoms with van der Waals surface area (Å²) in [5.74, 6) is 0. The van der Waals surface area contributed by atoms with Crippen LogP contribution in [0.2, 0.25) is 0 Å². The molecule has 0 aromatic heterocycles. The molecule has 102 valence electrons. The van der Waals surface area contributed by atoms with E-state index in [9.17, 15) is 8.42 Å². The van der Waals surface area contributed by atoms with Crippen LogP contribution in [0.25, 0.3) is 0 Å². The van der Waals surface area contributed by atoms with Crippen molar-refractivity contribution < 1.29 is 17.3 Å². The van der Waals surface area contributed by atoms with Crippen LogP contribution in [0, 0.1) is 6.92 Å². The maximum absolute atomic E-state index is 12.2. The van der Waals surface area contributed by atoms with Gasteiger partial charge in [0.1, 0.15) is 0 Å².